The number of nitrogens with zero attached hydrogens (tertiary/aromatic N) is 4. The molecule has 2 aliphatic rings. The molecule has 3 unspecified atom stereocenters. The minimum Gasteiger partial charge on any atom is -0.618 e. The predicted octanol–water partition coefficient (Wildman–Crippen LogP) is 1.01. The van der Waals surface area contributed by atoms with Crippen LogP contribution in [0.3, 0.4) is 0 Å². The van der Waals surface area contributed by atoms with E-state index in [0.717, 1.165) is 21.4 Å². The smallest absolute Gasteiger partial charge is 0.323 e. The number of Topliss-reactive ketones (excluding diaryl/α,β-unsaturated/α-hetero) is 1. The van der Waals surface area contributed by atoms with Crippen LogP contribution in [0.25, 0.3) is 10.9 Å². The van der Waals surface area contributed by atoms with Crippen LogP contribution in [-0.4, -0.2) is 71.4 Å². The fourth-order valence-electron chi connectivity index (χ4n) is 5.28. The third kappa shape index (κ3) is 4.50. The first kappa shape index (κ1) is 25.7. The van der Waals surface area contributed by atoms with E-state index in [0.29, 0.717) is 18.4 Å². The lowest BCUT2D eigenvalue weighted by Crippen LogP contribution is -2.52. The van der Waals surface area contributed by atoms with Crippen molar-refractivity contribution in [2.45, 2.75) is 49.3 Å². The van der Waals surface area contributed by atoms with Crippen LogP contribution in [0, 0.1) is 5.21 Å². The summed E-state index contributed by atoms with van der Waals surface area (Å²) in [5, 5.41) is 15.3. The fourth-order valence-corrected chi connectivity index (χ4v) is 6.93. The van der Waals surface area contributed by atoms with Gasteiger partial charge in [0.1, 0.15) is 12.1 Å². The summed E-state index contributed by atoms with van der Waals surface area (Å²) in [6, 6.07) is 10.1. The van der Waals surface area contributed by atoms with E-state index in [1.807, 2.05) is 13.0 Å². The molecule has 1 N–H and O–H groups in total. The predicted molar refractivity (Wildman–Crippen MR) is 136 cm³/mol. The van der Waals surface area contributed by atoms with E-state index in [1.165, 1.54) is 23.1 Å². The maximum absolute atomic E-state index is 13.6. The number of ketones is 1. The Morgan fingerprint density at radius 3 is 2.79 bits per heavy atom. The molecule has 2 aliphatic heterocycles. The molecule has 2 amide bonds. The molecule has 4 heterocycles. The number of hydrogen-bond acceptors (Lipinski definition) is 7. The topological polar surface area (TPSA) is 144 Å². The summed E-state index contributed by atoms with van der Waals surface area (Å²) in [6.45, 7) is 1.62. The van der Waals surface area contributed by atoms with E-state index in [-0.39, 0.29) is 17.7 Å². The number of nitrogens with one attached hydrogen (secondary N) is 1. The Kier molecular flexibility index (Phi) is 6.84. The lowest BCUT2D eigenvalue weighted by Gasteiger charge is -2.28. The number of sulfonamides is 1. The van der Waals surface area contributed by atoms with E-state index in [4.69, 9.17) is 0 Å². The Hall–Kier alpha value is -3.90. The molecule has 38 heavy (non-hydrogen) atoms. The van der Waals surface area contributed by atoms with Crippen LogP contribution in [0.2, 0.25) is 0 Å². The van der Waals surface area contributed by atoms with Crippen LogP contribution >= 0.6 is 0 Å². The third-order valence-electron chi connectivity index (χ3n) is 7.07. The van der Waals surface area contributed by atoms with Crippen molar-refractivity contribution in [1.29, 1.82) is 0 Å². The zero-order valence-electron chi connectivity index (χ0n) is 20.7. The van der Waals surface area contributed by atoms with Crippen molar-refractivity contribution < 1.29 is 27.5 Å². The highest BCUT2D eigenvalue weighted by Crippen LogP contribution is 2.34. The zero-order valence-corrected chi connectivity index (χ0v) is 21.5. The number of carbonyl (C=O) groups excluding carboxylic acids is 3. The molecular formula is C26H27N5O6S. The number of amides is 2. The van der Waals surface area contributed by atoms with Crippen molar-refractivity contribution in [3.63, 3.8) is 0 Å². The molecule has 198 valence electrons. The molecule has 0 radical (unpaired) electrons. The summed E-state index contributed by atoms with van der Waals surface area (Å²) in [5.74, 6) is -1.27. The Labute approximate surface area is 219 Å². The largest absolute Gasteiger partial charge is 0.618 e. The Morgan fingerprint density at radius 2 is 2.03 bits per heavy atom. The van der Waals surface area contributed by atoms with Crippen molar-refractivity contribution in [2.75, 3.05) is 13.1 Å². The summed E-state index contributed by atoms with van der Waals surface area (Å²) in [5.41, 5.74) is 1.12. The van der Waals surface area contributed by atoms with Gasteiger partial charge in [0.05, 0.1) is 18.1 Å². The maximum Gasteiger partial charge on any atom is 0.323 e. The molecule has 5 rings (SSSR count). The second-order valence-corrected chi connectivity index (χ2v) is 11.3. The monoisotopic (exact) mass is 537 g/mol. The molecule has 3 atom stereocenters. The first-order valence-electron chi connectivity index (χ1n) is 12.4. The molecular weight excluding hydrogens is 510 g/mol. The van der Waals surface area contributed by atoms with Gasteiger partial charge < -0.3 is 15.4 Å². The molecule has 2 aromatic heterocycles. The van der Waals surface area contributed by atoms with E-state index < -0.39 is 57.3 Å². The number of benzene rings is 1. The van der Waals surface area contributed by atoms with E-state index in [1.54, 1.807) is 30.5 Å². The van der Waals surface area contributed by atoms with Gasteiger partial charge in [-0.1, -0.05) is 19.4 Å². The van der Waals surface area contributed by atoms with Gasteiger partial charge in [0.25, 0.3) is 5.91 Å². The molecule has 0 aliphatic carbocycles. The van der Waals surface area contributed by atoms with Crippen LogP contribution < -0.4 is 10.0 Å². The van der Waals surface area contributed by atoms with E-state index in [2.05, 4.69) is 10.3 Å². The lowest BCUT2D eigenvalue weighted by molar-refractivity contribution is -0.646. The Balaban J connectivity index is 1.35. The molecule has 0 saturated carbocycles. The van der Waals surface area contributed by atoms with Crippen molar-refractivity contribution in [3.8, 4) is 0 Å². The van der Waals surface area contributed by atoms with Gasteiger partial charge in [-0.25, -0.2) is 8.42 Å². The molecule has 11 nitrogen and oxygen atoms in total. The summed E-state index contributed by atoms with van der Waals surface area (Å²) in [6.07, 6.45) is 3.95. The lowest BCUT2D eigenvalue weighted by atomic mass is 10.1. The maximum atomic E-state index is 13.6. The minimum absolute atomic E-state index is 0.163. The summed E-state index contributed by atoms with van der Waals surface area (Å²) in [7, 11) is -4.26. The standard InChI is InChI=1S/C26H27N5O6S/c1-2-6-20(28-25(33)18-9-10-19-17(15-18)7-5-12-27-19)26(34)29-14-11-21-24(29)22(32)16-31(21)38(36,37)23-8-3-4-13-30(23)35/h3-5,7-10,12-13,15,20-21,24H,2,6,11,14,16H2,1H3,(H,28,33). The first-order chi connectivity index (χ1) is 18.2. The van der Waals surface area contributed by atoms with Crippen molar-refractivity contribution >= 4 is 38.5 Å². The molecule has 0 spiro atoms. The van der Waals surface area contributed by atoms with Gasteiger partial charge >= 0.3 is 15.0 Å². The quantitative estimate of drug-likeness (QED) is 0.350. The number of rotatable bonds is 7. The molecule has 12 heteroatoms. The summed E-state index contributed by atoms with van der Waals surface area (Å²) >= 11 is 0. The van der Waals surface area contributed by atoms with Crippen LogP contribution in [0.4, 0.5) is 0 Å². The molecule has 0 bridgehead atoms. The third-order valence-corrected chi connectivity index (χ3v) is 8.93. The van der Waals surface area contributed by atoms with Crippen molar-refractivity contribution in [3.05, 3.63) is 71.7 Å². The number of hydrogen-bond donors (Lipinski definition) is 1. The van der Waals surface area contributed by atoms with Crippen molar-refractivity contribution in [1.82, 2.24) is 19.5 Å². The number of aromatic nitrogens is 2. The van der Waals surface area contributed by atoms with Gasteiger partial charge in [-0.05, 0) is 43.2 Å². The zero-order chi connectivity index (χ0) is 27.0. The highest BCUT2D eigenvalue weighted by Gasteiger charge is 2.55. The Bertz CT molecular complexity index is 1530. The average Bonchev–Trinajstić information content (AvgIpc) is 3.49. The summed E-state index contributed by atoms with van der Waals surface area (Å²) in [4.78, 5) is 45.3. The molecule has 3 aromatic rings. The highest BCUT2D eigenvalue weighted by molar-refractivity contribution is 7.89. The fraction of sp³-hybridized carbons (Fsp3) is 0.346. The average molecular weight is 538 g/mol. The van der Waals surface area contributed by atoms with Gasteiger partial charge in [0.2, 0.25) is 5.91 Å². The second kappa shape index (κ2) is 10.1. The normalized spacial score (nSPS) is 20.4. The van der Waals surface area contributed by atoms with Crippen LogP contribution in [0.1, 0.15) is 36.5 Å². The number of likely N-dealkylation sites (tertiary alicyclic amines) is 1. The highest BCUT2D eigenvalue weighted by atomic mass is 32.2. The minimum atomic E-state index is -4.26. The molecule has 1 aromatic carbocycles. The second-order valence-electron chi connectivity index (χ2n) is 9.44. The Morgan fingerprint density at radius 1 is 1.21 bits per heavy atom. The van der Waals surface area contributed by atoms with Gasteiger partial charge in [-0.3, -0.25) is 19.4 Å². The van der Waals surface area contributed by atoms with Gasteiger partial charge in [0, 0.05) is 35.8 Å². The first-order valence-corrected chi connectivity index (χ1v) is 13.8. The van der Waals surface area contributed by atoms with E-state index >= 15 is 0 Å². The van der Waals surface area contributed by atoms with Gasteiger partial charge in [-0.2, -0.15) is 9.04 Å². The van der Waals surface area contributed by atoms with Gasteiger partial charge in [0.15, 0.2) is 12.0 Å². The van der Waals surface area contributed by atoms with Crippen LogP contribution in [0.15, 0.2) is 66.0 Å². The van der Waals surface area contributed by atoms with Crippen LogP contribution in [0.5, 0.6) is 0 Å². The van der Waals surface area contributed by atoms with E-state index in [9.17, 15) is 28.0 Å². The van der Waals surface area contributed by atoms with Crippen LogP contribution in [-0.2, 0) is 19.6 Å². The van der Waals surface area contributed by atoms with Gasteiger partial charge in [-0.15, -0.1) is 0 Å². The van der Waals surface area contributed by atoms with Crippen molar-refractivity contribution in [2.24, 2.45) is 0 Å². The molecule has 2 saturated heterocycles. The summed E-state index contributed by atoms with van der Waals surface area (Å²) < 4.78 is 27.8. The SMILES string of the molecule is CCCC(NC(=O)c1ccc2ncccc2c1)C(=O)N1CCC2C1C(=O)CN2S(=O)(=O)c1cccc[n+]1[O-]. The molecule has 2 fully saturated rings. The number of fused-ring (bicyclic) bond motifs is 2. The number of carbonyl (C=O) groups is 3. The number of pyridine rings is 2.